The molecule has 0 aliphatic heterocycles. The van der Waals surface area contributed by atoms with Crippen LogP contribution in [-0.4, -0.2) is 30.3 Å². The number of aromatic nitrogens is 6. The van der Waals surface area contributed by atoms with Gasteiger partial charge >= 0.3 is 0 Å². The van der Waals surface area contributed by atoms with Crippen molar-refractivity contribution in [2.45, 2.75) is 17.8 Å². The van der Waals surface area contributed by atoms with E-state index in [-0.39, 0.29) is 5.82 Å². The first-order chi connectivity index (χ1) is 12.7. The number of thioether (sulfide) groups is 1. The number of nitrogens with zero attached hydrogens (tertiary/aromatic N) is 6. The predicted molar refractivity (Wildman–Crippen MR) is 93.1 cm³/mol. The van der Waals surface area contributed by atoms with Crippen LogP contribution >= 0.6 is 11.8 Å². The number of rotatable bonds is 5. The summed E-state index contributed by atoms with van der Waals surface area (Å²) in [4.78, 5) is 4.32. The molecule has 0 radical (unpaired) electrons. The maximum Gasteiger partial charge on any atom is 0.257 e. The molecule has 0 bridgehead atoms. The number of benzene rings is 2. The van der Waals surface area contributed by atoms with Crippen LogP contribution in [0.15, 0.2) is 58.2 Å². The topological polar surface area (TPSA) is 82.5 Å². The Bertz CT molecular complexity index is 1010. The third-order valence-corrected chi connectivity index (χ3v) is 4.52. The summed E-state index contributed by atoms with van der Waals surface area (Å²) in [7, 11) is 0. The zero-order valence-electron chi connectivity index (χ0n) is 13.7. The fraction of sp³-hybridized carbons (Fsp3) is 0.118. The lowest BCUT2D eigenvalue weighted by Crippen LogP contribution is -1.99. The zero-order chi connectivity index (χ0) is 17.9. The summed E-state index contributed by atoms with van der Waals surface area (Å²) < 4.78 is 19.9. The molecule has 2 aromatic carbocycles. The molecule has 0 N–H and O–H groups in total. The fourth-order valence-electron chi connectivity index (χ4n) is 2.27. The molecule has 2 heterocycles. The molecule has 4 rings (SSSR count). The van der Waals surface area contributed by atoms with Crippen LogP contribution in [0.25, 0.3) is 17.1 Å². The fourth-order valence-corrected chi connectivity index (χ4v) is 3.00. The Morgan fingerprint density at radius 1 is 1.08 bits per heavy atom. The number of aryl methyl sites for hydroxylation is 1. The van der Waals surface area contributed by atoms with Crippen molar-refractivity contribution >= 4 is 11.8 Å². The van der Waals surface area contributed by atoms with E-state index in [0.717, 1.165) is 11.3 Å². The third-order valence-electron chi connectivity index (χ3n) is 3.61. The summed E-state index contributed by atoms with van der Waals surface area (Å²) >= 11 is 1.40. The average Bonchev–Trinajstić information content (AvgIpc) is 3.30. The van der Waals surface area contributed by atoms with Gasteiger partial charge in [-0.1, -0.05) is 34.6 Å². The maximum absolute atomic E-state index is 13.0. The summed E-state index contributed by atoms with van der Waals surface area (Å²) in [6.07, 6.45) is 0. The molecule has 0 amide bonds. The second kappa shape index (κ2) is 7.04. The highest BCUT2D eigenvalue weighted by Gasteiger charge is 2.13. The van der Waals surface area contributed by atoms with E-state index in [4.69, 9.17) is 4.52 Å². The summed E-state index contributed by atoms with van der Waals surface area (Å²) in [5.74, 6) is 0.982. The van der Waals surface area contributed by atoms with Gasteiger partial charge in [0.2, 0.25) is 5.16 Å². The van der Waals surface area contributed by atoms with Gasteiger partial charge in [0.05, 0.1) is 11.4 Å². The molecule has 0 atom stereocenters. The molecule has 0 aliphatic carbocycles. The number of halogens is 1. The van der Waals surface area contributed by atoms with Gasteiger partial charge in [-0.05, 0) is 53.7 Å². The monoisotopic (exact) mass is 368 g/mol. The van der Waals surface area contributed by atoms with E-state index < -0.39 is 0 Å². The summed E-state index contributed by atoms with van der Waals surface area (Å²) in [5, 5.41) is 16.4. The minimum absolute atomic E-state index is 0.313. The van der Waals surface area contributed by atoms with Crippen LogP contribution in [0, 0.1) is 12.7 Å². The Morgan fingerprint density at radius 2 is 1.85 bits per heavy atom. The molecular weight excluding hydrogens is 355 g/mol. The van der Waals surface area contributed by atoms with Crippen LogP contribution in [0.3, 0.4) is 0 Å². The van der Waals surface area contributed by atoms with Crippen LogP contribution < -0.4 is 0 Å². The first-order valence-corrected chi connectivity index (χ1v) is 8.74. The van der Waals surface area contributed by atoms with Crippen molar-refractivity contribution in [3.05, 3.63) is 65.7 Å². The van der Waals surface area contributed by atoms with Gasteiger partial charge < -0.3 is 4.52 Å². The predicted octanol–water partition coefficient (Wildman–Crippen LogP) is 3.45. The van der Waals surface area contributed by atoms with E-state index in [1.165, 1.54) is 23.9 Å². The lowest BCUT2D eigenvalue weighted by molar-refractivity contribution is 0.425. The van der Waals surface area contributed by atoms with Gasteiger partial charge in [0, 0.05) is 5.56 Å². The smallest absolute Gasteiger partial charge is 0.257 e. The number of tetrazole rings is 1. The molecule has 4 aromatic rings. The molecule has 26 heavy (non-hydrogen) atoms. The molecule has 7 nitrogen and oxygen atoms in total. The van der Waals surface area contributed by atoms with Crippen molar-refractivity contribution in [2.75, 3.05) is 0 Å². The van der Waals surface area contributed by atoms with E-state index in [9.17, 15) is 4.39 Å². The Balaban J connectivity index is 1.48. The largest absolute Gasteiger partial charge is 0.334 e. The molecule has 130 valence electrons. The van der Waals surface area contributed by atoms with Gasteiger partial charge in [-0.3, -0.25) is 0 Å². The lowest BCUT2D eigenvalue weighted by Gasteiger charge is -2.03. The molecule has 9 heteroatoms. The third kappa shape index (κ3) is 3.47. The normalized spacial score (nSPS) is 11.0. The van der Waals surface area contributed by atoms with Gasteiger partial charge in [-0.25, -0.2) is 4.39 Å². The van der Waals surface area contributed by atoms with Crippen LogP contribution in [0.5, 0.6) is 0 Å². The first-order valence-electron chi connectivity index (χ1n) is 7.76. The zero-order valence-corrected chi connectivity index (χ0v) is 14.5. The SMILES string of the molecule is Cc1ccc(-n2nnnc2SCc2noc(-c3ccc(F)cc3)n2)cc1. The number of hydrogen-bond donors (Lipinski definition) is 0. The summed E-state index contributed by atoms with van der Waals surface area (Å²) in [6, 6.07) is 13.8. The average molecular weight is 368 g/mol. The summed E-state index contributed by atoms with van der Waals surface area (Å²) in [5.41, 5.74) is 2.71. The highest BCUT2D eigenvalue weighted by atomic mass is 32.2. The highest BCUT2D eigenvalue weighted by molar-refractivity contribution is 7.98. The van der Waals surface area contributed by atoms with Crippen LogP contribution in [0.1, 0.15) is 11.4 Å². The Morgan fingerprint density at radius 3 is 2.62 bits per heavy atom. The van der Waals surface area contributed by atoms with Gasteiger partial charge in [0.1, 0.15) is 5.82 Å². The standard InChI is InChI=1S/C17H13FN6OS/c1-11-2-8-14(9-3-11)24-17(20-22-23-24)26-10-15-19-16(25-21-15)12-4-6-13(18)7-5-12/h2-9H,10H2,1H3. The Kier molecular flexibility index (Phi) is 4.44. The second-order valence-corrected chi connectivity index (χ2v) is 6.46. The first kappa shape index (κ1) is 16.4. The summed E-state index contributed by atoms with van der Waals surface area (Å²) in [6.45, 7) is 2.02. The van der Waals surface area contributed by atoms with E-state index in [2.05, 4.69) is 25.7 Å². The molecule has 0 saturated heterocycles. The molecule has 2 aromatic heterocycles. The van der Waals surface area contributed by atoms with Crippen molar-refractivity contribution < 1.29 is 8.91 Å². The van der Waals surface area contributed by atoms with E-state index >= 15 is 0 Å². The Labute approximate surface area is 152 Å². The maximum atomic E-state index is 13.0. The van der Waals surface area contributed by atoms with E-state index in [0.29, 0.717) is 28.2 Å². The van der Waals surface area contributed by atoms with Crippen LogP contribution in [0.4, 0.5) is 4.39 Å². The molecule has 0 saturated carbocycles. The number of hydrogen-bond acceptors (Lipinski definition) is 7. The Hall–Kier alpha value is -3.07. The van der Waals surface area contributed by atoms with Gasteiger partial charge in [-0.2, -0.15) is 9.67 Å². The molecular formula is C17H13FN6OS. The molecule has 0 spiro atoms. The second-order valence-electron chi connectivity index (χ2n) is 5.52. The van der Waals surface area contributed by atoms with Gasteiger partial charge in [-0.15, -0.1) is 5.10 Å². The lowest BCUT2D eigenvalue weighted by atomic mass is 10.2. The van der Waals surface area contributed by atoms with Crippen LogP contribution in [0.2, 0.25) is 0 Å². The molecule has 0 unspecified atom stereocenters. The van der Waals surface area contributed by atoms with Crippen molar-refractivity contribution in [2.24, 2.45) is 0 Å². The van der Waals surface area contributed by atoms with Crippen molar-refractivity contribution in [1.29, 1.82) is 0 Å². The molecule has 0 fully saturated rings. The van der Waals surface area contributed by atoms with Crippen LogP contribution in [-0.2, 0) is 5.75 Å². The van der Waals surface area contributed by atoms with Gasteiger partial charge in [0.25, 0.3) is 5.89 Å². The van der Waals surface area contributed by atoms with Crippen molar-refractivity contribution in [3.8, 4) is 17.1 Å². The van der Waals surface area contributed by atoms with E-state index in [1.807, 2.05) is 31.2 Å². The van der Waals surface area contributed by atoms with Gasteiger partial charge in [0.15, 0.2) is 5.82 Å². The van der Waals surface area contributed by atoms with Crippen molar-refractivity contribution in [3.63, 3.8) is 0 Å². The molecule has 0 aliphatic rings. The minimum atomic E-state index is -0.313. The van der Waals surface area contributed by atoms with E-state index in [1.54, 1.807) is 16.8 Å². The minimum Gasteiger partial charge on any atom is -0.334 e. The van der Waals surface area contributed by atoms with Crippen molar-refractivity contribution in [1.82, 2.24) is 30.3 Å². The highest BCUT2D eigenvalue weighted by Crippen LogP contribution is 2.23. The quantitative estimate of drug-likeness (QED) is 0.499.